The highest BCUT2D eigenvalue weighted by Crippen LogP contribution is 2.23. The van der Waals surface area contributed by atoms with Crippen molar-refractivity contribution in [3.8, 4) is 5.75 Å². The second kappa shape index (κ2) is 7.22. The molecule has 2 rings (SSSR count). The minimum absolute atomic E-state index is 0.0162. The van der Waals surface area contributed by atoms with Crippen molar-refractivity contribution in [2.75, 3.05) is 12.4 Å². The number of ketones is 1. The molecule has 0 atom stereocenters. The first kappa shape index (κ1) is 16.2. The van der Waals surface area contributed by atoms with E-state index >= 15 is 0 Å². The Morgan fingerprint density at radius 3 is 2.41 bits per heavy atom. The van der Waals surface area contributed by atoms with Crippen molar-refractivity contribution in [1.82, 2.24) is 0 Å². The summed E-state index contributed by atoms with van der Waals surface area (Å²) in [5.41, 5.74) is 1.50. The zero-order valence-electron chi connectivity index (χ0n) is 12.4. The third-order valence-corrected chi connectivity index (χ3v) is 3.70. The van der Waals surface area contributed by atoms with Crippen LogP contribution < -0.4 is 10.1 Å². The number of methoxy groups -OCH3 is 1. The highest BCUT2D eigenvalue weighted by Gasteiger charge is 2.13. The predicted octanol–water partition coefficient (Wildman–Crippen LogP) is 4.30. The van der Waals surface area contributed by atoms with Gasteiger partial charge in [-0.1, -0.05) is 22.9 Å². The summed E-state index contributed by atoms with van der Waals surface area (Å²) >= 11 is 3.35. The van der Waals surface area contributed by atoms with Crippen LogP contribution >= 0.6 is 15.9 Å². The fourth-order valence-corrected chi connectivity index (χ4v) is 2.35. The summed E-state index contributed by atoms with van der Waals surface area (Å²) in [7, 11) is 1.57. The van der Waals surface area contributed by atoms with E-state index in [9.17, 15) is 9.59 Å². The maximum Gasteiger partial charge on any atom is 0.255 e. The molecule has 0 saturated heterocycles. The van der Waals surface area contributed by atoms with Crippen LogP contribution in [0.1, 0.15) is 34.1 Å². The van der Waals surface area contributed by atoms with Crippen molar-refractivity contribution in [3.63, 3.8) is 0 Å². The molecule has 0 bridgehead atoms. The second-order valence-corrected chi connectivity index (χ2v) is 5.56. The smallest absolute Gasteiger partial charge is 0.255 e. The largest absolute Gasteiger partial charge is 0.497 e. The summed E-state index contributed by atoms with van der Waals surface area (Å²) < 4.78 is 5.86. The average molecular weight is 362 g/mol. The number of carbonyl (C=O) groups is 2. The van der Waals surface area contributed by atoms with Gasteiger partial charge in [-0.25, -0.2) is 0 Å². The molecule has 0 fully saturated rings. The number of rotatable bonds is 5. The van der Waals surface area contributed by atoms with Gasteiger partial charge in [0.1, 0.15) is 5.75 Å². The van der Waals surface area contributed by atoms with Gasteiger partial charge >= 0.3 is 0 Å². The fourth-order valence-electron chi connectivity index (χ4n) is 1.99. The van der Waals surface area contributed by atoms with Gasteiger partial charge in [0.25, 0.3) is 5.91 Å². The predicted molar refractivity (Wildman–Crippen MR) is 89.7 cm³/mol. The van der Waals surface area contributed by atoms with Crippen LogP contribution in [-0.2, 0) is 0 Å². The van der Waals surface area contributed by atoms with Crippen LogP contribution in [0.3, 0.4) is 0 Å². The van der Waals surface area contributed by atoms with E-state index < -0.39 is 0 Å². The standard InChI is InChI=1S/C17H16BrNO3/c1-3-16(20)14-9-6-12(18)10-15(14)19-17(21)11-4-7-13(22-2)8-5-11/h4-10H,3H2,1-2H3,(H,19,21). The third kappa shape index (κ3) is 3.74. The van der Waals surface area contributed by atoms with Crippen molar-refractivity contribution >= 4 is 33.3 Å². The number of benzene rings is 2. The fraction of sp³-hybridized carbons (Fsp3) is 0.176. The zero-order valence-corrected chi connectivity index (χ0v) is 13.9. The Labute approximate surface area is 137 Å². The second-order valence-electron chi connectivity index (χ2n) is 4.65. The minimum Gasteiger partial charge on any atom is -0.497 e. The summed E-state index contributed by atoms with van der Waals surface area (Å²) in [4.78, 5) is 24.3. The number of hydrogen-bond acceptors (Lipinski definition) is 3. The Kier molecular flexibility index (Phi) is 5.33. The molecular weight excluding hydrogens is 346 g/mol. The normalized spacial score (nSPS) is 10.1. The van der Waals surface area contributed by atoms with Gasteiger partial charge in [-0.3, -0.25) is 9.59 Å². The minimum atomic E-state index is -0.272. The Morgan fingerprint density at radius 1 is 1.14 bits per heavy atom. The van der Waals surface area contributed by atoms with Gasteiger partial charge in [-0.15, -0.1) is 0 Å². The Balaban J connectivity index is 2.27. The number of ether oxygens (including phenoxy) is 1. The molecule has 0 aliphatic rings. The topological polar surface area (TPSA) is 55.4 Å². The molecule has 0 aliphatic carbocycles. The molecule has 2 aromatic rings. The van der Waals surface area contributed by atoms with E-state index in [0.29, 0.717) is 29.0 Å². The van der Waals surface area contributed by atoms with Gasteiger partial charge in [0, 0.05) is 22.0 Å². The molecule has 22 heavy (non-hydrogen) atoms. The average Bonchev–Trinajstić information content (AvgIpc) is 2.54. The summed E-state index contributed by atoms with van der Waals surface area (Å²) in [5, 5.41) is 2.79. The van der Waals surface area contributed by atoms with E-state index in [-0.39, 0.29) is 11.7 Å². The van der Waals surface area contributed by atoms with Crippen molar-refractivity contribution in [1.29, 1.82) is 0 Å². The molecule has 5 heteroatoms. The third-order valence-electron chi connectivity index (χ3n) is 3.20. The lowest BCUT2D eigenvalue weighted by atomic mass is 10.1. The van der Waals surface area contributed by atoms with Crippen LogP contribution in [0.4, 0.5) is 5.69 Å². The van der Waals surface area contributed by atoms with Crippen LogP contribution in [0.2, 0.25) is 0 Å². The Morgan fingerprint density at radius 2 is 1.82 bits per heavy atom. The van der Waals surface area contributed by atoms with Gasteiger partial charge in [-0.2, -0.15) is 0 Å². The quantitative estimate of drug-likeness (QED) is 0.807. The van der Waals surface area contributed by atoms with Crippen molar-refractivity contribution in [2.45, 2.75) is 13.3 Å². The summed E-state index contributed by atoms with van der Waals surface area (Å²) in [6, 6.07) is 12.0. The monoisotopic (exact) mass is 361 g/mol. The van der Waals surface area contributed by atoms with Gasteiger partial charge < -0.3 is 10.1 Å². The highest BCUT2D eigenvalue weighted by molar-refractivity contribution is 9.10. The molecule has 114 valence electrons. The van der Waals surface area contributed by atoms with E-state index in [1.807, 2.05) is 0 Å². The lowest BCUT2D eigenvalue weighted by Crippen LogP contribution is -2.14. The van der Waals surface area contributed by atoms with Gasteiger partial charge in [0.15, 0.2) is 5.78 Å². The maximum absolute atomic E-state index is 12.3. The van der Waals surface area contributed by atoms with Crippen molar-refractivity contribution < 1.29 is 14.3 Å². The maximum atomic E-state index is 12.3. The molecule has 2 aromatic carbocycles. The van der Waals surface area contributed by atoms with Gasteiger partial charge in [0.2, 0.25) is 0 Å². The van der Waals surface area contributed by atoms with E-state index in [1.165, 1.54) is 0 Å². The first-order valence-corrected chi connectivity index (χ1v) is 7.62. The zero-order chi connectivity index (χ0) is 16.1. The molecule has 0 radical (unpaired) electrons. The summed E-state index contributed by atoms with van der Waals surface area (Å²) in [5.74, 6) is 0.393. The lowest BCUT2D eigenvalue weighted by Gasteiger charge is -2.11. The first-order valence-electron chi connectivity index (χ1n) is 6.83. The van der Waals surface area contributed by atoms with Gasteiger partial charge in [0.05, 0.1) is 12.8 Å². The lowest BCUT2D eigenvalue weighted by molar-refractivity contribution is 0.0989. The molecule has 0 aromatic heterocycles. The Hall–Kier alpha value is -2.14. The molecule has 0 heterocycles. The molecule has 0 spiro atoms. The number of anilines is 1. The van der Waals surface area contributed by atoms with E-state index in [4.69, 9.17) is 4.74 Å². The van der Waals surface area contributed by atoms with Crippen LogP contribution in [0.5, 0.6) is 5.75 Å². The Bertz CT molecular complexity index is 696. The number of hydrogen-bond donors (Lipinski definition) is 1. The molecule has 0 aliphatic heterocycles. The summed E-state index contributed by atoms with van der Waals surface area (Å²) in [6.07, 6.45) is 0.382. The number of nitrogens with one attached hydrogen (secondary N) is 1. The number of carbonyl (C=O) groups excluding carboxylic acids is 2. The molecule has 4 nitrogen and oxygen atoms in total. The molecule has 1 amide bonds. The van der Waals surface area contributed by atoms with Crippen molar-refractivity contribution in [2.24, 2.45) is 0 Å². The first-order chi connectivity index (χ1) is 10.5. The van der Waals surface area contributed by atoms with Crippen LogP contribution in [-0.4, -0.2) is 18.8 Å². The summed E-state index contributed by atoms with van der Waals surface area (Å²) in [6.45, 7) is 1.79. The molecule has 1 N–H and O–H groups in total. The molecular formula is C17H16BrNO3. The number of halogens is 1. The van der Waals surface area contributed by atoms with Gasteiger partial charge in [-0.05, 0) is 42.5 Å². The molecule has 0 unspecified atom stereocenters. The number of Topliss-reactive ketones (excluding diaryl/α,β-unsaturated/α-hetero) is 1. The van der Waals surface area contributed by atoms with E-state index in [1.54, 1.807) is 56.5 Å². The van der Waals surface area contributed by atoms with E-state index in [0.717, 1.165) is 4.47 Å². The SMILES string of the molecule is CCC(=O)c1ccc(Br)cc1NC(=O)c1ccc(OC)cc1. The van der Waals surface area contributed by atoms with E-state index in [2.05, 4.69) is 21.2 Å². The van der Waals surface area contributed by atoms with Crippen molar-refractivity contribution in [3.05, 3.63) is 58.1 Å². The van der Waals surface area contributed by atoms with Crippen LogP contribution in [0.25, 0.3) is 0 Å². The number of amides is 1. The van der Waals surface area contributed by atoms with Crippen LogP contribution in [0, 0.1) is 0 Å². The molecule has 0 saturated carbocycles. The van der Waals surface area contributed by atoms with Crippen LogP contribution in [0.15, 0.2) is 46.9 Å². The highest BCUT2D eigenvalue weighted by atomic mass is 79.9.